The molecule has 144 valence electrons. The number of carbonyl (C=O) groups is 2. The van der Waals surface area contributed by atoms with Crippen molar-refractivity contribution in [3.8, 4) is 0 Å². The molecule has 1 N–H and O–H groups in total. The molecule has 27 heavy (non-hydrogen) atoms. The van der Waals surface area contributed by atoms with E-state index in [-0.39, 0.29) is 36.0 Å². The summed E-state index contributed by atoms with van der Waals surface area (Å²) in [5.41, 5.74) is 1.43. The van der Waals surface area contributed by atoms with Crippen LogP contribution in [0.3, 0.4) is 0 Å². The van der Waals surface area contributed by atoms with Gasteiger partial charge in [0.25, 0.3) is 0 Å². The molecule has 0 bridgehead atoms. The molecule has 0 aliphatic rings. The van der Waals surface area contributed by atoms with E-state index in [1.807, 2.05) is 0 Å². The molecule has 2 aromatic carbocycles. The molecule has 0 radical (unpaired) electrons. The fraction of sp³-hybridized carbons (Fsp3) is 0.300. The monoisotopic (exact) mass is 389 g/mol. The molecule has 0 saturated carbocycles. The number of rotatable bonds is 10. The molecule has 0 atom stereocenters. The van der Waals surface area contributed by atoms with Crippen molar-refractivity contribution in [1.82, 2.24) is 4.72 Å². The van der Waals surface area contributed by atoms with Gasteiger partial charge >= 0.3 is 5.97 Å². The summed E-state index contributed by atoms with van der Waals surface area (Å²) in [4.78, 5) is 23.6. The first kappa shape index (κ1) is 20.8. The molecule has 0 aliphatic carbocycles. The quantitative estimate of drug-likeness (QED) is 0.498. The molecule has 0 aliphatic heterocycles. The lowest BCUT2D eigenvalue weighted by Crippen LogP contribution is -2.25. The highest BCUT2D eigenvalue weighted by Gasteiger charge is 2.13. The number of ketones is 1. The number of benzene rings is 2. The minimum atomic E-state index is -3.52. The maximum Gasteiger partial charge on any atom is 0.306 e. The number of sulfonamides is 1. The zero-order valence-corrected chi connectivity index (χ0v) is 16.0. The van der Waals surface area contributed by atoms with E-state index in [2.05, 4.69) is 4.72 Å². The maximum absolute atomic E-state index is 12.1. The molecule has 2 aromatic rings. The lowest BCUT2D eigenvalue weighted by Gasteiger charge is -2.07. The lowest BCUT2D eigenvalue weighted by molar-refractivity contribution is -0.143. The number of nitrogens with one attached hydrogen (secondary N) is 1. The standard InChI is InChI=1S/C20H23NO5S/c1-2-26-20(23)13-12-19(22)17-10-8-16(9-11-17)14-15-21-27(24,25)18-6-4-3-5-7-18/h3-11,21H,2,12-15H2,1H3. The van der Waals surface area contributed by atoms with Crippen molar-refractivity contribution in [3.05, 3.63) is 65.7 Å². The molecule has 0 amide bonds. The van der Waals surface area contributed by atoms with Crippen LogP contribution in [-0.2, 0) is 26.0 Å². The van der Waals surface area contributed by atoms with Gasteiger partial charge in [-0.25, -0.2) is 13.1 Å². The summed E-state index contributed by atoms with van der Waals surface area (Å²) in [7, 11) is -3.52. The van der Waals surface area contributed by atoms with Crippen LogP contribution >= 0.6 is 0 Å². The molecule has 7 heteroatoms. The van der Waals surface area contributed by atoms with E-state index in [0.29, 0.717) is 18.6 Å². The summed E-state index contributed by atoms with van der Waals surface area (Å²) in [6.45, 7) is 2.28. The summed E-state index contributed by atoms with van der Waals surface area (Å²) < 4.78 is 31.7. The zero-order valence-electron chi connectivity index (χ0n) is 15.2. The number of carbonyl (C=O) groups excluding carboxylic acids is 2. The van der Waals surface area contributed by atoms with E-state index in [4.69, 9.17) is 4.74 Å². The summed E-state index contributed by atoms with van der Waals surface area (Å²) in [5, 5.41) is 0. The molecular weight excluding hydrogens is 366 g/mol. The Hall–Kier alpha value is -2.51. The highest BCUT2D eigenvalue weighted by atomic mass is 32.2. The Labute approximate surface area is 159 Å². The Morgan fingerprint density at radius 2 is 1.63 bits per heavy atom. The first-order chi connectivity index (χ1) is 12.9. The van der Waals surface area contributed by atoms with Crippen molar-refractivity contribution in [2.45, 2.75) is 31.1 Å². The van der Waals surface area contributed by atoms with Gasteiger partial charge in [0.05, 0.1) is 17.9 Å². The normalized spacial score (nSPS) is 11.1. The summed E-state index contributed by atoms with van der Waals surface area (Å²) in [5.74, 6) is -0.507. The minimum absolute atomic E-state index is 0.0652. The fourth-order valence-electron chi connectivity index (χ4n) is 2.46. The Balaban J connectivity index is 1.83. The Morgan fingerprint density at radius 3 is 2.26 bits per heavy atom. The minimum Gasteiger partial charge on any atom is -0.466 e. The van der Waals surface area contributed by atoms with E-state index in [1.54, 1.807) is 61.5 Å². The second-order valence-corrected chi connectivity index (χ2v) is 7.65. The topological polar surface area (TPSA) is 89.5 Å². The van der Waals surface area contributed by atoms with Crippen LogP contribution in [0, 0.1) is 0 Å². The van der Waals surface area contributed by atoms with Crippen molar-refractivity contribution in [1.29, 1.82) is 0 Å². The third kappa shape index (κ3) is 6.62. The number of hydrogen-bond donors (Lipinski definition) is 1. The summed E-state index contributed by atoms with van der Waals surface area (Å²) >= 11 is 0. The largest absolute Gasteiger partial charge is 0.466 e. The molecular formula is C20H23NO5S. The van der Waals surface area contributed by atoms with Gasteiger partial charge in [0, 0.05) is 18.5 Å². The molecule has 6 nitrogen and oxygen atoms in total. The van der Waals surface area contributed by atoms with E-state index in [0.717, 1.165) is 5.56 Å². The zero-order chi connectivity index (χ0) is 19.7. The Kier molecular flexibility index (Phi) is 7.69. The second-order valence-electron chi connectivity index (χ2n) is 5.89. The predicted octanol–water partition coefficient (Wildman–Crippen LogP) is 2.73. The molecule has 0 unspecified atom stereocenters. The van der Waals surface area contributed by atoms with Crippen molar-refractivity contribution in [2.75, 3.05) is 13.2 Å². The molecule has 0 fully saturated rings. The van der Waals surface area contributed by atoms with Crippen LogP contribution in [0.2, 0.25) is 0 Å². The van der Waals surface area contributed by atoms with E-state index in [9.17, 15) is 18.0 Å². The fourth-order valence-corrected chi connectivity index (χ4v) is 3.52. The predicted molar refractivity (Wildman–Crippen MR) is 102 cm³/mol. The van der Waals surface area contributed by atoms with Gasteiger partial charge in [-0.05, 0) is 31.0 Å². The van der Waals surface area contributed by atoms with E-state index in [1.165, 1.54) is 0 Å². The first-order valence-electron chi connectivity index (χ1n) is 8.75. The van der Waals surface area contributed by atoms with E-state index < -0.39 is 10.0 Å². The van der Waals surface area contributed by atoms with Crippen LogP contribution < -0.4 is 4.72 Å². The van der Waals surface area contributed by atoms with Crippen LogP contribution in [0.15, 0.2) is 59.5 Å². The maximum atomic E-state index is 12.1. The van der Waals surface area contributed by atoms with Crippen LogP contribution in [0.5, 0.6) is 0 Å². The van der Waals surface area contributed by atoms with Crippen LogP contribution in [-0.4, -0.2) is 33.3 Å². The van der Waals surface area contributed by atoms with Gasteiger partial charge in [-0.3, -0.25) is 9.59 Å². The molecule has 0 spiro atoms. The Bertz CT molecular complexity index is 861. The second kappa shape index (κ2) is 9.99. The van der Waals surface area contributed by atoms with Gasteiger partial charge in [-0.15, -0.1) is 0 Å². The summed E-state index contributed by atoms with van der Waals surface area (Å²) in [6, 6.07) is 15.1. The number of esters is 1. The van der Waals surface area contributed by atoms with Gasteiger partial charge in [0.2, 0.25) is 10.0 Å². The smallest absolute Gasteiger partial charge is 0.306 e. The van der Waals surface area contributed by atoms with Gasteiger partial charge in [0.15, 0.2) is 5.78 Å². The third-order valence-corrected chi connectivity index (χ3v) is 5.37. The lowest BCUT2D eigenvalue weighted by atomic mass is 10.0. The van der Waals surface area contributed by atoms with Crippen molar-refractivity contribution in [2.24, 2.45) is 0 Å². The number of Topliss-reactive ketones (excluding diaryl/α,β-unsaturated/α-hetero) is 1. The van der Waals surface area contributed by atoms with Crippen molar-refractivity contribution < 1.29 is 22.7 Å². The van der Waals surface area contributed by atoms with Gasteiger partial charge in [-0.1, -0.05) is 42.5 Å². The number of ether oxygens (including phenoxy) is 1. The van der Waals surface area contributed by atoms with Crippen LogP contribution in [0.1, 0.15) is 35.7 Å². The highest BCUT2D eigenvalue weighted by molar-refractivity contribution is 7.89. The molecule has 2 rings (SSSR count). The highest BCUT2D eigenvalue weighted by Crippen LogP contribution is 2.10. The van der Waals surface area contributed by atoms with Gasteiger partial charge < -0.3 is 4.74 Å². The molecule has 0 aromatic heterocycles. The average Bonchev–Trinajstić information content (AvgIpc) is 2.67. The third-order valence-electron chi connectivity index (χ3n) is 3.90. The van der Waals surface area contributed by atoms with Crippen molar-refractivity contribution in [3.63, 3.8) is 0 Å². The molecule has 0 heterocycles. The SMILES string of the molecule is CCOC(=O)CCC(=O)c1ccc(CCNS(=O)(=O)c2ccccc2)cc1. The average molecular weight is 389 g/mol. The summed E-state index contributed by atoms with van der Waals surface area (Å²) in [6.07, 6.45) is 0.675. The molecule has 0 saturated heterocycles. The van der Waals surface area contributed by atoms with Crippen molar-refractivity contribution >= 4 is 21.8 Å². The first-order valence-corrected chi connectivity index (χ1v) is 10.2. The van der Waals surface area contributed by atoms with Gasteiger partial charge in [0.1, 0.15) is 0 Å². The van der Waals surface area contributed by atoms with Crippen LogP contribution in [0.25, 0.3) is 0 Å². The number of hydrogen-bond acceptors (Lipinski definition) is 5. The Morgan fingerprint density at radius 1 is 0.963 bits per heavy atom. The van der Waals surface area contributed by atoms with Crippen LogP contribution in [0.4, 0.5) is 0 Å². The van der Waals surface area contributed by atoms with E-state index >= 15 is 0 Å². The van der Waals surface area contributed by atoms with Gasteiger partial charge in [-0.2, -0.15) is 0 Å².